The molecule has 0 aromatic heterocycles. The average Bonchev–Trinajstić information content (AvgIpc) is 2.06. The zero-order valence-corrected chi connectivity index (χ0v) is 7.99. The van der Waals surface area contributed by atoms with Crippen LogP contribution in [-0.2, 0) is 5.33 Å². The molecule has 0 fully saturated rings. The number of rotatable bonds is 2. The van der Waals surface area contributed by atoms with Crippen molar-refractivity contribution in [3.8, 4) is 5.75 Å². The maximum Gasteiger partial charge on any atom is 0.190 e. The van der Waals surface area contributed by atoms with Gasteiger partial charge in [-0.2, -0.15) is 0 Å². The number of alkyl halides is 1. The lowest BCUT2D eigenvalue weighted by Gasteiger charge is -2.05. The highest BCUT2D eigenvalue weighted by Gasteiger charge is 2.12. The first-order valence-corrected chi connectivity index (χ1v) is 4.39. The molecule has 1 aromatic rings. The fourth-order valence-electron chi connectivity index (χ4n) is 0.864. The molecule has 0 radical (unpaired) electrons. The van der Waals surface area contributed by atoms with Crippen molar-refractivity contribution in [3.05, 3.63) is 29.3 Å². The molecule has 0 aliphatic rings. The molecular formula is C8H7BrF2O. The molecule has 66 valence electrons. The van der Waals surface area contributed by atoms with Crippen LogP contribution in [0.2, 0.25) is 0 Å². The van der Waals surface area contributed by atoms with E-state index >= 15 is 0 Å². The van der Waals surface area contributed by atoms with E-state index in [4.69, 9.17) is 0 Å². The molecule has 1 aromatic carbocycles. The van der Waals surface area contributed by atoms with Gasteiger partial charge in [0.25, 0.3) is 0 Å². The zero-order chi connectivity index (χ0) is 9.14. The summed E-state index contributed by atoms with van der Waals surface area (Å²) in [5, 5.41) is 0.343. The molecule has 0 amide bonds. The molecule has 1 nitrogen and oxygen atoms in total. The van der Waals surface area contributed by atoms with Gasteiger partial charge in [-0.15, -0.1) is 0 Å². The minimum atomic E-state index is -0.681. The van der Waals surface area contributed by atoms with Crippen LogP contribution in [0.3, 0.4) is 0 Å². The van der Waals surface area contributed by atoms with Crippen molar-refractivity contribution in [2.24, 2.45) is 0 Å². The first-order chi connectivity index (χ1) is 5.70. The zero-order valence-electron chi connectivity index (χ0n) is 6.40. The summed E-state index contributed by atoms with van der Waals surface area (Å²) >= 11 is 3.08. The summed E-state index contributed by atoms with van der Waals surface area (Å²) in [7, 11) is 1.24. The molecule has 0 heterocycles. The smallest absolute Gasteiger partial charge is 0.190 e. The van der Waals surface area contributed by atoms with Crippen molar-refractivity contribution in [3.63, 3.8) is 0 Å². The average molecular weight is 237 g/mol. The molecule has 0 atom stereocenters. The molecule has 0 aliphatic heterocycles. The predicted octanol–water partition coefficient (Wildman–Crippen LogP) is 2.87. The molecule has 12 heavy (non-hydrogen) atoms. The lowest BCUT2D eigenvalue weighted by atomic mass is 10.2. The van der Waals surface area contributed by atoms with Crippen LogP contribution < -0.4 is 4.74 Å². The predicted molar refractivity (Wildman–Crippen MR) is 45.5 cm³/mol. The Morgan fingerprint density at radius 1 is 1.42 bits per heavy atom. The molecular weight excluding hydrogens is 230 g/mol. The van der Waals surface area contributed by atoms with Crippen LogP contribution in [-0.4, -0.2) is 7.11 Å². The Bertz CT molecular complexity index is 289. The van der Waals surface area contributed by atoms with Gasteiger partial charge in [0, 0.05) is 10.9 Å². The van der Waals surface area contributed by atoms with Gasteiger partial charge in [-0.1, -0.05) is 22.0 Å². The van der Waals surface area contributed by atoms with E-state index in [2.05, 4.69) is 20.7 Å². The maximum atomic E-state index is 13.1. The van der Waals surface area contributed by atoms with Crippen molar-refractivity contribution in [2.45, 2.75) is 5.33 Å². The van der Waals surface area contributed by atoms with Crippen LogP contribution in [0.1, 0.15) is 5.56 Å². The van der Waals surface area contributed by atoms with Crippen LogP contribution in [0.5, 0.6) is 5.75 Å². The fraction of sp³-hybridized carbons (Fsp3) is 0.250. The van der Waals surface area contributed by atoms with Crippen LogP contribution in [0, 0.1) is 11.6 Å². The van der Waals surface area contributed by atoms with Gasteiger partial charge >= 0.3 is 0 Å². The second kappa shape index (κ2) is 3.85. The Hall–Kier alpha value is -0.640. The highest BCUT2D eigenvalue weighted by molar-refractivity contribution is 9.08. The molecule has 0 saturated carbocycles. The Balaban J connectivity index is 3.24. The summed E-state index contributed by atoms with van der Waals surface area (Å²) < 4.78 is 30.5. The number of benzene rings is 1. The Labute approximate surface area is 77.5 Å². The lowest BCUT2D eigenvalue weighted by Crippen LogP contribution is -1.95. The number of hydrogen-bond donors (Lipinski definition) is 0. The molecule has 0 saturated heterocycles. The number of halogens is 3. The standard InChI is InChI=1S/C8H7BrF2O/c1-12-8-6(10)3-2-5(4-9)7(8)11/h2-3H,4H2,1H3. The minimum Gasteiger partial charge on any atom is -0.491 e. The van der Waals surface area contributed by atoms with Gasteiger partial charge in [0.2, 0.25) is 0 Å². The lowest BCUT2D eigenvalue weighted by molar-refractivity contribution is 0.358. The highest BCUT2D eigenvalue weighted by Crippen LogP contribution is 2.25. The third-order valence-electron chi connectivity index (χ3n) is 1.48. The largest absolute Gasteiger partial charge is 0.491 e. The third-order valence-corrected chi connectivity index (χ3v) is 2.08. The summed E-state index contributed by atoms with van der Waals surface area (Å²) in [4.78, 5) is 0. The van der Waals surface area contributed by atoms with Gasteiger partial charge in [0.1, 0.15) is 0 Å². The van der Waals surface area contributed by atoms with E-state index in [1.165, 1.54) is 19.2 Å². The maximum absolute atomic E-state index is 13.1. The molecule has 0 bridgehead atoms. The summed E-state index contributed by atoms with van der Waals surface area (Å²) in [5.74, 6) is -1.65. The quantitative estimate of drug-likeness (QED) is 0.718. The van der Waals surface area contributed by atoms with Crippen molar-refractivity contribution >= 4 is 15.9 Å². The van der Waals surface area contributed by atoms with Crippen LogP contribution >= 0.6 is 15.9 Å². The van der Waals surface area contributed by atoms with Gasteiger partial charge in [0.05, 0.1) is 7.11 Å². The van der Waals surface area contributed by atoms with Crippen molar-refractivity contribution in [1.29, 1.82) is 0 Å². The van der Waals surface area contributed by atoms with E-state index in [1.807, 2.05) is 0 Å². The van der Waals surface area contributed by atoms with Gasteiger partial charge in [-0.25, -0.2) is 8.78 Å². The molecule has 0 spiro atoms. The van der Waals surface area contributed by atoms with E-state index in [9.17, 15) is 8.78 Å². The Morgan fingerprint density at radius 2 is 2.08 bits per heavy atom. The van der Waals surface area contributed by atoms with Crippen molar-refractivity contribution in [1.82, 2.24) is 0 Å². The van der Waals surface area contributed by atoms with E-state index < -0.39 is 11.6 Å². The van der Waals surface area contributed by atoms with E-state index in [0.717, 1.165) is 0 Å². The second-order valence-corrected chi connectivity index (χ2v) is 2.75. The second-order valence-electron chi connectivity index (χ2n) is 2.19. The third kappa shape index (κ3) is 1.58. The van der Waals surface area contributed by atoms with Gasteiger partial charge < -0.3 is 4.74 Å². The van der Waals surface area contributed by atoms with E-state index in [1.54, 1.807) is 0 Å². The van der Waals surface area contributed by atoms with Crippen LogP contribution in [0.4, 0.5) is 8.78 Å². The SMILES string of the molecule is COc1c(F)ccc(CBr)c1F. The molecule has 0 unspecified atom stereocenters. The van der Waals surface area contributed by atoms with Gasteiger partial charge in [0.15, 0.2) is 17.4 Å². The molecule has 4 heteroatoms. The summed E-state index contributed by atoms with van der Waals surface area (Å²) in [5.41, 5.74) is 0.383. The first kappa shape index (κ1) is 9.45. The summed E-state index contributed by atoms with van der Waals surface area (Å²) in [6.45, 7) is 0. The van der Waals surface area contributed by atoms with Gasteiger partial charge in [-0.3, -0.25) is 0 Å². The molecule has 1 rings (SSSR count). The summed E-state index contributed by atoms with van der Waals surface area (Å²) in [6, 6.07) is 2.56. The van der Waals surface area contributed by atoms with Gasteiger partial charge in [-0.05, 0) is 6.07 Å². The normalized spacial score (nSPS) is 10.0. The Kier molecular flexibility index (Phi) is 3.03. The van der Waals surface area contributed by atoms with E-state index in [-0.39, 0.29) is 5.75 Å². The minimum absolute atomic E-state index is 0.327. The highest BCUT2D eigenvalue weighted by atomic mass is 79.9. The van der Waals surface area contributed by atoms with Crippen LogP contribution in [0.15, 0.2) is 12.1 Å². The topological polar surface area (TPSA) is 9.23 Å². The number of methoxy groups -OCH3 is 1. The van der Waals surface area contributed by atoms with Crippen molar-refractivity contribution in [2.75, 3.05) is 7.11 Å². The van der Waals surface area contributed by atoms with E-state index in [0.29, 0.717) is 10.9 Å². The summed E-state index contributed by atoms with van der Waals surface area (Å²) in [6.07, 6.45) is 0. The first-order valence-electron chi connectivity index (χ1n) is 3.27. The van der Waals surface area contributed by atoms with Crippen molar-refractivity contribution < 1.29 is 13.5 Å². The Morgan fingerprint density at radius 3 is 2.58 bits per heavy atom. The molecule has 0 N–H and O–H groups in total. The van der Waals surface area contributed by atoms with Crippen LogP contribution in [0.25, 0.3) is 0 Å². The molecule has 0 aliphatic carbocycles. The fourth-order valence-corrected chi connectivity index (χ4v) is 1.30. The number of ether oxygens (including phenoxy) is 1. The monoisotopic (exact) mass is 236 g/mol. The number of hydrogen-bond acceptors (Lipinski definition) is 1.